The molecule has 1 N–H and O–H groups in total. The number of hydrogen-bond acceptors (Lipinski definition) is 3. The molecule has 1 saturated heterocycles. The first-order valence-corrected chi connectivity index (χ1v) is 7.85. The third kappa shape index (κ3) is 3.04. The quantitative estimate of drug-likeness (QED) is 0.906. The molecule has 1 aromatic carbocycles. The van der Waals surface area contributed by atoms with Gasteiger partial charge in [0.1, 0.15) is 12.4 Å². The van der Waals surface area contributed by atoms with Gasteiger partial charge in [-0.2, -0.15) is 0 Å². The van der Waals surface area contributed by atoms with E-state index in [4.69, 9.17) is 21.4 Å². The summed E-state index contributed by atoms with van der Waals surface area (Å²) in [5.74, 6) is -0.788. The second kappa shape index (κ2) is 6.16. The van der Waals surface area contributed by atoms with Crippen LogP contribution in [0.3, 0.4) is 0 Å². The molecule has 6 heteroatoms. The van der Waals surface area contributed by atoms with E-state index in [0.29, 0.717) is 37.6 Å². The highest BCUT2D eigenvalue weighted by Crippen LogP contribution is 2.31. The molecule has 0 spiro atoms. The number of carbonyl (C=O) groups excluding carboxylic acids is 1. The van der Waals surface area contributed by atoms with Crippen LogP contribution in [0.25, 0.3) is 0 Å². The van der Waals surface area contributed by atoms with E-state index in [9.17, 15) is 9.59 Å². The van der Waals surface area contributed by atoms with Gasteiger partial charge in [0.25, 0.3) is 0 Å². The smallest absolute Gasteiger partial charge is 0.308 e. The van der Waals surface area contributed by atoms with Crippen molar-refractivity contribution in [1.29, 1.82) is 0 Å². The van der Waals surface area contributed by atoms with Gasteiger partial charge in [0.15, 0.2) is 0 Å². The van der Waals surface area contributed by atoms with Crippen molar-refractivity contribution in [3.8, 4) is 5.75 Å². The standard InChI is InChI=1S/C16H18ClNO4/c17-13-3-4-14-11(7-13)6-12(9-22-14)15(19)18-5-1-2-10(8-18)16(20)21/h3-4,7,10,12H,1-2,5-6,8-9H2,(H,20,21)/t10-,12-/m1/s1. The number of likely N-dealkylation sites (tertiary alicyclic amines) is 1. The van der Waals surface area contributed by atoms with Gasteiger partial charge in [-0.1, -0.05) is 11.6 Å². The molecule has 0 bridgehead atoms. The van der Waals surface area contributed by atoms with Crippen LogP contribution in [-0.4, -0.2) is 41.6 Å². The van der Waals surface area contributed by atoms with E-state index in [2.05, 4.69) is 0 Å². The van der Waals surface area contributed by atoms with Crippen LogP contribution in [0.1, 0.15) is 18.4 Å². The Hall–Kier alpha value is -1.75. The van der Waals surface area contributed by atoms with Gasteiger partial charge in [-0.25, -0.2) is 0 Å². The molecule has 0 aromatic heterocycles. The maximum atomic E-state index is 12.6. The largest absolute Gasteiger partial charge is 0.492 e. The molecule has 22 heavy (non-hydrogen) atoms. The molecule has 2 atom stereocenters. The number of aliphatic carboxylic acids is 1. The Labute approximate surface area is 133 Å². The number of amides is 1. The van der Waals surface area contributed by atoms with E-state index in [0.717, 1.165) is 17.7 Å². The van der Waals surface area contributed by atoms with E-state index >= 15 is 0 Å². The number of piperidine rings is 1. The SMILES string of the molecule is O=C(O)[C@@H]1CCCN(C(=O)[C@H]2COc3ccc(Cl)cc3C2)C1. The minimum atomic E-state index is -0.825. The van der Waals surface area contributed by atoms with Gasteiger partial charge in [0, 0.05) is 18.1 Å². The average molecular weight is 324 g/mol. The number of benzene rings is 1. The van der Waals surface area contributed by atoms with Crippen LogP contribution < -0.4 is 4.74 Å². The molecule has 3 rings (SSSR count). The van der Waals surface area contributed by atoms with Gasteiger partial charge in [-0.3, -0.25) is 9.59 Å². The zero-order chi connectivity index (χ0) is 15.7. The van der Waals surface area contributed by atoms with Gasteiger partial charge in [-0.05, 0) is 43.0 Å². The van der Waals surface area contributed by atoms with Gasteiger partial charge in [-0.15, -0.1) is 0 Å². The molecule has 5 nitrogen and oxygen atoms in total. The Morgan fingerprint density at radius 1 is 1.32 bits per heavy atom. The summed E-state index contributed by atoms with van der Waals surface area (Å²) in [7, 11) is 0. The van der Waals surface area contributed by atoms with E-state index < -0.39 is 11.9 Å². The summed E-state index contributed by atoms with van der Waals surface area (Å²) in [6.07, 6.45) is 1.96. The predicted octanol–water partition coefficient (Wildman–Crippen LogP) is 2.21. The number of halogens is 1. The van der Waals surface area contributed by atoms with Gasteiger partial charge >= 0.3 is 5.97 Å². The van der Waals surface area contributed by atoms with Crippen LogP contribution in [0, 0.1) is 11.8 Å². The fraction of sp³-hybridized carbons (Fsp3) is 0.500. The molecule has 1 amide bonds. The molecule has 2 heterocycles. The Kier molecular flexibility index (Phi) is 4.25. The molecule has 2 aliphatic heterocycles. The van der Waals surface area contributed by atoms with Gasteiger partial charge in [0.2, 0.25) is 5.91 Å². The fourth-order valence-electron chi connectivity index (χ4n) is 3.16. The van der Waals surface area contributed by atoms with Gasteiger partial charge in [0.05, 0.1) is 11.8 Å². The zero-order valence-electron chi connectivity index (χ0n) is 12.1. The van der Waals surface area contributed by atoms with E-state index in [1.54, 1.807) is 11.0 Å². The summed E-state index contributed by atoms with van der Waals surface area (Å²) in [5.41, 5.74) is 0.934. The predicted molar refractivity (Wildman–Crippen MR) is 81.1 cm³/mol. The highest BCUT2D eigenvalue weighted by molar-refractivity contribution is 6.30. The lowest BCUT2D eigenvalue weighted by molar-refractivity contribution is -0.147. The third-order valence-corrected chi connectivity index (χ3v) is 4.60. The average Bonchev–Trinajstić information content (AvgIpc) is 2.53. The molecule has 0 aliphatic carbocycles. The monoisotopic (exact) mass is 323 g/mol. The number of hydrogen-bond donors (Lipinski definition) is 1. The molecule has 1 fully saturated rings. The maximum absolute atomic E-state index is 12.6. The van der Waals surface area contributed by atoms with Crippen molar-refractivity contribution in [2.75, 3.05) is 19.7 Å². The molecular formula is C16H18ClNO4. The highest BCUT2D eigenvalue weighted by atomic mass is 35.5. The molecule has 118 valence electrons. The highest BCUT2D eigenvalue weighted by Gasteiger charge is 2.34. The van der Waals surface area contributed by atoms with Crippen LogP contribution in [0.15, 0.2) is 18.2 Å². The minimum absolute atomic E-state index is 0.0171. The first kappa shape index (κ1) is 15.2. The van der Waals surface area contributed by atoms with Crippen molar-refractivity contribution in [3.05, 3.63) is 28.8 Å². The molecule has 0 saturated carbocycles. The summed E-state index contributed by atoms with van der Waals surface area (Å²) in [6.45, 7) is 1.26. The second-order valence-corrected chi connectivity index (χ2v) is 6.36. The summed E-state index contributed by atoms with van der Waals surface area (Å²) in [5, 5.41) is 9.76. The Morgan fingerprint density at radius 2 is 2.14 bits per heavy atom. The van der Waals surface area contributed by atoms with E-state index in [1.807, 2.05) is 12.1 Å². The van der Waals surface area contributed by atoms with E-state index in [-0.39, 0.29) is 11.8 Å². The summed E-state index contributed by atoms with van der Waals surface area (Å²) >= 11 is 5.99. The van der Waals surface area contributed by atoms with Crippen LogP contribution >= 0.6 is 11.6 Å². The zero-order valence-corrected chi connectivity index (χ0v) is 12.9. The Morgan fingerprint density at radius 3 is 2.91 bits per heavy atom. The topological polar surface area (TPSA) is 66.8 Å². The number of carboxylic acid groups (broad SMARTS) is 1. The van der Waals surface area contributed by atoms with Crippen molar-refractivity contribution >= 4 is 23.5 Å². The minimum Gasteiger partial charge on any atom is -0.492 e. The third-order valence-electron chi connectivity index (χ3n) is 4.36. The summed E-state index contributed by atoms with van der Waals surface area (Å²) in [6, 6.07) is 5.41. The fourth-order valence-corrected chi connectivity index (χ4v) is 3.35. The number of carbonyl (C=O) groups is 2. The Balaban J connectivity index is 1.69. The van der Waals surface area contributed by atoms with E-state index in [1.165, 1.54) is 0 Å². The van der Waals surface area contributed by atoms with Gasteiger partial charge < -0.3 is 14.7 Å². The molecule has 0 unspecified atom stereocenters. The lowest BCUT2D eigenvalue weighted by Crippen LogP contribution is -2.47. The first-order chi connectivity index (χ1) is 10.5. The van der Waals surface area contributed by atoms with Crippen molar-refractivity contribution in [1.82, 2.24) is 4.90 Å². The maximum Gasteiger partial charge on any atom is 0.308 e. The normalized spacial score (nSPS) is 24.3. The lowest BCUT2D eigenvalue weighted by atomic mass is 9.93. The van der Waals surface area contributed by atoms with Crippen molar-refractivity contribution in [2.45, 2.75) is 19.3 Å². The number of carboxylic acids is 1. The molecule has 1 aromatic rings. The summed E-state index contributed by atoms with van der Waals surface area (Å²) < 4.78 is 5.65. The lowest BCUT2D eigenvalue weighted by Gasteiger charge is -2.34. The van der Waals surface area contributed by atoms with Crippen LogP contribution in [0.2, 0.25) is 5.02 Å². The van der Waals surface area contributed by atoms with Crippen molar-refractivity contribution in [2.24, 2.45) is 11.8 Å². The number of fused-ring (bicyclic) bond motifs is 1. The van der Waals surface area contributed by atoms with Crippen LogP contribution in [0.4, 0.5) is 0 Å². The molecular weight excluding hydrogens is 306 g/mol. The molecule has 2 aliphatic rings. The number of nitrogens with zero attached hydrogens (tertiary/aromatic N) is 1. The second-order valence-electron chi connectivity index (χ2n) is 5.93. The number of rotatable bonds is 2. The van der Waals surface area contributed by atoms with Crippen LogP contribution in [-0.2, 0) is 16.0 Å². The Bertz CT molecular complexity index is 604. The molecule has 0 radical (unpaired) electrons. The summed E-state index contributed by atoms with van der Waals surface area (Å²) in [4.78, 5) is 25.4. The van der Waals surface area contributed by atoms with Crippen LogP contribution in [0.5, 0.6) is 5.75 Å². The first-order valence-electron chi connectivity index (χ1n) is 7.47. The number of ether oxygens (including phenoxy) is 1. The van der Waals surface area contributed by atoms with Crippen molar-refractivity contribution in [3.63, 3.8) is 0 Å². The van der Waals surface area contributed by atoms with Crippen molar-refractivity contribution < 1.29 is 19.4 Å².